The van der Waals surface area contributed by atoms with Gasteiger partial charge in [0.2, 0.25) is 9.84 Å². The fraction of sp³-hybridized carbons (Fsp3) is 0.0625. The normalized spacial score (nSPS) is 11.3. The van der Waals surface area contributed by atoms with Crippen LogP contribution in [-0.4, -0.2) is 36.5 Å². The largest absolute Gasteiger partial charge is 0.453 e. The third-order valence-corrected chi connectivity index (χ3v) is 5.53. The minimum Gasteiger partial charge on any atom is -0.453 e. The number of aromatic amines is 1. The van der Waals surface area contributed by atoms with Crippen molar-refractivity contribution in [3.63, 3.8) is 0 Å². The number of carbonyl (C=O) groups is 1. The van der Waals surface area contributed by atoms with Crippen LogP contribution in [0.4, 0.5) is 10.5 Å². The minimum absolute atomic E-state index is 0.139. The summed E-state index contributed by atoms with van der Waals surface area (Å²) in [5.41, 5.74) is -2.28. The molecule has 10 nitrogen and oxygen atoms in total. The molecule has 0 saturated carbocycles. The molecule has 3 rings (SSSR count). The van der Waals surface area contributed by atoms with Gasteiger partial charge < -0.3 is 14.9 Å². The first-order valence-electron chi connectivity index (χ1n) is 7.43. The number of fused-ring (bicyclic) bond motifs is 1. The molecule has 0 saturated heterocycles. The number of hydrogen-bond donors (Lipinski definition) is 3. The highest BCUT2D eigenvalue weighted by molar-refractivity contribution is 7.91. The summed E-state index contributed by atoms with van der Waals surface area (Å²) in [5.74, 6) is 0. The average molecular weight is 391 g/mol. The van der Waals surface area contributed by atoms with Crippen molar-refractivity contribution < 1.29 is 23.2 Å². The quantitative estimate of drug-likeness (QED) is 0.563. The minimum atomic E-state index is -4.17. The smallest absolute Gasteiger partial charge is 0.411 e. The van der Waals surface area contributed by atoms with Gasteiger partial charge >= 0.3 is 11.8 Å². The van der Waals surface area contributed by atoms with E-state index in [9.17, 15) is 28.0 Å². The van der Waals surface area contributed by atoms with E-state index in [-0.39, 0.29) is 31.1 Å². The first-order valence-corrected chi connectivity index (χ1v) is 8.91. The standard InChI is InChI=1S/C16H13N3O7S/c1-26-16(22)17-9-4-2-5-10(8-9)27(24,25)12-7-3-6-11-13(12)18-15(21)19(23)14(11)20/h2-8,23H,1H3,(H,17,22)(H,18,21). The summed E-state index contributed by atoms with van der Waals surface area (Å²) in [5, 5.41) is 11.6. The molecule has 0 unspecified atom stereocenters. The molecule has 0 aliphatic carbocycles. The van der Waals surface area contributed by atoms with Crippen LogP contribution in [0.25, 0.3) is 10.9 Å². The number of benzene rings is 2. The highest BCUT2D eigenvalue weighted by Gasteiger charge is 2.23. The van der Waals surface area contributed by atoms with E-state index in [1.807, 2.05) is 0 Å². The lowest BCUT2D eigenvalue weighted by Crippen LogP contribution is -2.33. The second kappa shape index (κ2) is 6.61. The predicted molar refractivity (Wildman–Crippen MR) is 93.9 cm³/mol. The van der Waals surface area contributed by atoms with Gasteiger partial charge in [-0.15, -0.1) is 0 Å². The van der Waals surface area contributed by atoms with Gasteiger partial charge in [0.05, 0.1) is 27.8 Å². The Morgan fingerprint density at radius 3 is 2.59 bits per heavy atom. The molecule has 3 aromatic rings. The Balaban J connectivity index is 2.22. The zero-order chi connectivity index (χ0) is 19.8. The number of carbonyl (C=O) groups excluding carboxylic acids is 1. The second-order valence-electron chi connectivity index (χ2n) is 5.37. The SMILES string of the molecule is COC(=O)Nc1cccc(S(=O)(=O)c2cccc3c(=O)n(O)c(=O)[nH]c23)c1. The van der Waals surface area contributed by atoms with Crippen LogP contribution in [0.1, 0.15) is 0 Å². The molecule has 0 aliphatic heterocycles. The molecular weight excluding hydrogens is 378 g/mol. The highest BCUT2D eigenvalue weighted by Crippen LogP contribution is 2.27. The number of para-hydroxylation sites is 1. The van der Waals surface area contributed by atoms with Crippen molar-refractivity contribution in [2.24, 2.45) is 0 Å². The van der Waals surface area contributed by atoms with Crippen LogP contribution >= 0.6 is 0 Å². The van der Waals surface area contributed by atoms with Crippen molar-refractivity contribution in [2.45, 2.75) is 9.79 Å². The molecule has 27 heavy (non-hydrogen) atoms. The van der Waals surface area contributed by atoms with E-state index in [2.05, 4.69) is 15.0 Å². The predicted octanol–water partition coefficient (Wildman–Crippen LogP) is 0.938. The molecule has 0 bridgehead atoms. The molecular formula is C16H13N3O7S. The van der Waals surface area contributed by atoms with Crippen LogP contribution in [0.5, 0.6) is 0 Å². The van der Waals surface area contributed by atoms with Gasteiger partial charge in [-0.2, -0.15) is 0 Å². The molecule has 11 heteroatoms. The van der Waals surface area contributed by atoms with Gasteiger partial charge in [0.15, 0.2) is 0 Å². The molecule has 2 aromatic carbocycles. The van der Waals surface area contributed by atoms with Gasteiger partial charge in [-0.1, -0.05) is 16.9 Å². The van der Waals surface area contributed by atoms with Crippen molar-refractivity contribution in [1.82, 2.24) is 9.71 Å². The first-order chi connectivity index (χ1) is 12.8. The fourth-order valence-electron chi connectivity index (χ4n) is 2.47. The van der Waals surface area contributed by atoms with Gasteiger partial charge in [0, 0.05) is 5.69 Å². The van der Waals surface area contributed by atoms with E-state index in [1.54, 1.807) is 0 Å². The van der Waals surface area contributed by atoms with Crippen LogP contribution < -0.4 is 16.6 Å². The summed E-state index contributed by atoms with van der Waals surface area (Å²) in [6, 6.07) is 9.17. The third-order valence-electron chi connectivity index (χ3n) is 3.74. The summed E-state index contributed by atoms with van der Waals surface area (Å²) in [6.45, 7) is 0. The van der Waals surface area contributed by atoms with Crippen molar-refractivity contribution in [2.75, 3.05) is 12.4 Å². The van der Waals surface area contributed by atoms with Crippen molar-refractivity contribution in [3.8, 4) is 0 Å². The van der Waals surface area contributed by atoms with Crippen LogP contribution in [0.15, 0.2) is 61.8 Å². The molecule has 1 amide bonds. The fourth-order valence-corrected chi connectivity index (χ4v) is 3.95. The molecule has 0 fully saturated rings. The lowest BCUT2D eigenvalue weighted by Gasteiger charge is -2.10. The maximum absolute atomic E-state index is 13.0. The van der Waals surface area contributed by atoms with E-state index in [0.29, 0.717) is 0 Å². The Labute approximate surface area is 151 Å². The Morgan fingerprint density at radius 1 is 1.19 bits per heavy atom. The third kappa shape index (κ3) is 3.15. The summed E-state index contributed by atoms with van der Waals surface area (Å²) >= 11 is 0. The number of nitrogens with zero attached hydrogens (tertiary/aromatic N) is 1. The first kappa shape index (κ1) is 18.2. The number of amides is 1. The molecule has 140 valence electrons. The Kier molecular flexibility index (Phi) is 4.45. The number of rotatable bonds is 3. The van der Waals surface area contributed by atoms with Gasteiger partial charge in [-0.25, -0.2) is 18.0 Å². The number of methoxy groups -OCH3 is 1. The van der Waals surface area contributed by atoms with Crippen molar-refractivity contribution in [1.29, 1.82) is 0 Å². The number of H-pyrrole nitrogens is 1. The molecule has 0 aliphatic rings. The lowest BCUT2D eigenvalue weighted by molar-refractivity contribution is 0.162. The Morgan fingerprint density at radius 2 is 1.89 bits per heavy atom. The van der Waals surface area contributed by atoms with Crippen LogP contribution in [0.3, 0.4) is 0 Å². The van der Waals surface area contributed by atoms with E-state index in [0.717, 1.165) is 7.11 Å². The van der Waals surface area contributed by atoms with E-state index >= 15 is 0 Å². The number of anilines is 1. The Bertz CT molecular complexity index is 1280. The summed E-state index contributed by atoms with van der Waals surface area (Å²) < 4.78 is 30.4. The number of sulfone groups is 1. The van der Waals surface area contributed by atoms with E-state index < -0.39 is 27.2 Å². The van der Waals surface area contributed by atoms with Gasteiger partial charge in [-0.3, -0.25) is 10.1 Å². The summed E-state index contributed by atoms with van der Waals surface area (Å²) in [7, 11) is -3.01. The van der Waals surface area contributed by atoms with E-state index in [4.69, 9.17) is 0 Å². The molecule has 3 N–H and O–H groups in total. The Hall–Kier alpha value is -3.60. The van der Waals surface area contributed by atoms with Crippen molar-refractivity contribution >= 4 is 32.5 Å². The average Bonchev–Trinajstić information content (AvgIpc) is 2.66. The lowest BCUT2D eigenvalue weighted by atomic mass is 10.2. The topological polar surface area (TPSA) is 148 Å². The van der Waals surface area contributed by atoms with Crippen molar-refractivity contribution in [3.05, 3.63) is 63.3 Å². The van der Waals surface area contributed by atoms with Gasteiger partial charge in [0.25, 0.3) is 5.56 Å². The number of ether oxygens (including phenoxy) is 1. The van der Waals surface area contributed by atoms with Crippen LogP contribution in [-0.2, 0) is 14.6 Å². The molecule has 0 atom stereocenters. The zero-order valence-electron chi connectivity index (χ0n) is 13.8. The number of nitrogens with one attached hydrogen (secondary N) is 2. The highest BCUT2D eigenvalue weighted by atomic mass is 32.2. The molecule has 0 spiro atoms. The summed E-state index contributed by atoms with van der Waals surface area (Å²) in [4.78, 5) is 36.7. The number of aromatic nitrogens is 2. The zero-order valence-corrected chi connectivity index (χ0v) is 14.6. The van der Waals surface area contributed by atoms with E-state index in [1.165, 1.54) is 42.5 Å². The second-order valence-corrected chi connectivity index (χ2v) is 7.29. The number of hydrogen-bond acceptors (Lipinski definition) is 7. The molecule has 1 aromatic heterocycles. The maximum atomic E-state index is 13.0. The van der Waals surface area contributed by atoms with Crippen LogP contribution in [0, 0.1) is 0 Å². The van der Waals surface area contributed by atoms with Gasteiger partial charge in [0.1, 0.15) is 0 Å². The monoisotopic (exact) mass is 391 g/mol. The maximum Gasteiger partial charge on any atom is 0.411 e. The molecule has 1 heterocycles. The van der Waals surface area contributed by atoms with Gasteiger partial charge in [-0.05, 0) is 30.3 Å². The summed E-state index contributed by atoms with van der Waals surface area (Å²) in [6.07, 6.45) is -0.775. The molecule has 0 radical (unpaired) electrons. The van der Waals surface area contributed by atoms with Crippen LogP contribution in [0.2, 0.25) is 0 Å².